The highest BCUT2D eigenvalue weighted by Crippen LogP contribution is 2.27. The maximum Gasteiger partial charge on any atom is 0.205 e. The molecule has 0 N–H and O–H groups in total. The Morgan fingerprint density at radius 2 is 1.67 bits per heavy atom. The molecule has 0 aliphatic rings. The maximum atomic E-state index is 4.02. The van der Waals surface area contributed by atoms with Gasteiger partial charge in [-0.25, -0.2) is 0 Å². The lowest BCUT2D eigenvalue weighted by atomic mass is 10.1. The zero-order chi connectivity index (χ0) is 10.8. The van der Waals surface area contributed by atoms with E-state index in [4.69, 9.17) is 0 Å². The minimum atomic E-state index is 0.547. The molecule has 76 valence electrons. The number of hydrogen-bond acceptors (Lipinski definition) is 4. The van der Waals surface area contributed by atoms with Gasteiger partial charge in [0.15, 0.2) is 5.82 Å². The van der Waals surface area contributed by atoms with Gasteiger partial charge in [0.05, 0.1) is 0 Å². The number of hydrogen-bond donors (Lipinski definition) is 0. The number of benzene rings is 1. The first kappa shape index (κ1) is 10.2. The van der Waals surface area contributed by atoms with Crippen LogP contribution in [-0.4, -0.2) is 20.4 Å². The standard InChI is InChI=1S/C10H9BrN4/c1-6-4-3-5-8(11)9(6)10-14-12-7(2)13-15-10/h3-5H,1-2H3. The Bertz CT molecular complexity index is 461. The largest absolute Gasteiger partial charge is 0.205 e. The molecule has 2 rings (SSSR count). The van der Waals surface area contributed by atoms with E-state index < -0.39 is 0 Å². The molecule has 1 heterocycles. The summed E-state index contributed by atoms with van der Waals surface area (Å²) in [5, 5.41) is 15.8. The minimum Gasteiger partial charge on any atom is -0.131 e. The van der Waals surface area contributed by atoms with Gasteiger partial charge in [-0.1, -0.05) is 28.1 Å². The summed E-state index contributed by atoms with van der Waals surface area (Å²) in [6.07, 6.45) is 0. The van der Waals surface area contributed by atoms with Crippen LogP contribution in [0.2, 0.25) is 0 Å². The van der Waals surface area contributed by atoms with Crippen LogP contribution in [0.1, 0.15) is 11.4 Å². The van der Waals surface area contributed by atoms with Crippen LogP contribution in [0, 0.1) is 13.8 Å². The van der Waals surface area contributed by atoms with Crippen LogP contribution in [0.5, 0.6) is 0 Å². The minimum absolute atomic E-state index is 0.547. The first-order chi connectivity index (χ1) is 7.18. The fourth-order valence-electron chi connectivity index (χ4n) is 1.29. The molecule has 0 bridgehead atoms. The predicted octanol–water partition coefficient (Wildman–Crippen LogP) is 2.31. The van der Waals surface area contributed by atoms with Crippen molar-refractivity contribution in [1.29, 1.82) is 0 Å². The smallest absolute Gasteiger partial charge is 0.131 e. The van der Waals surface area contributed by atoms with E-state index in [0.717, 1.165) is 15.6 Å². The van der Waals surface area contributed by atoms with Crippen LogP contribution in [0.4, 0.5) is 0 Å². The van der Waals surface area contributed by atoms with Gasteiger partial charge in [0, 0.05) is 10.0 Å². The van der Waals surface area contributed by atoms with Crippen molar-refractivity contribution < 1.29 is 0 Å². The fourth-order valence-corrected chi connectivity index (χ4v) is 1.94. The lowest BCUT2D eigenvalue weighted by Gasteiger charge is -2.04. The number of aromatic nitrogens is 4. The van der Waals surface area contributed by atoms with Gasteiger partial charge in [-0.2, -0.15) is 0 Å². The van der Waals surface area contributed by atoms with Gasteiger partial charge in [-0.3, -0.25) is 0 Å². The Kier molecular flexibility index (Phi) is 2.73. The molecule has 0 aliphatic carbocycles. The Morgan fingerprint density at radius 3 is 2.27 bits per heavy atom. The van der Waals surface area contributed by atoms with Gasteiger partial charge in [0.1, 0.15) is 0 Å². The highest BCUT2D eigenvalue weighted by atomic mass is 79.9. The lowest BCUT2D eigenvalue weighted by molar-refractivity contribution is 0.815. The van der Waals surface area contributed by atoms with Crippen LogP contribution in [0.3, 0.4) is 0 Å². The molecule has 0 spiro atoms. The zero-order valence-corrected chi connectivity index (χ0v) is 9.98. The summed E-state index contributed by atoms with van der Waals surface area (Å²) in [6, 6.07) is 5.92. The molecule has 4 nitrogen and oxygen atoms in total. The molecule has 0 saturated heterocycles. The van der Waals surface area contributed by atoms with Gasteiger partial charge in [0.25, 0.3) is 0 Å². The summed E-state index contributed by atoms with van der Waals surface area (Å²) < 4.78 is 0.954. The molecular formula is C10H9BrN4. The molecule has 0 unspecified atom stereocenters. The highest BCUT2D eigenvalue weighted by Gasteiger charge is 2.09. The number of nitrogens with zero attached hydrogens (tertiary/aromatic N) is 4. The first-order valence-electron chi connectivity index (χ1n) is 4.48. The van der Waals surface area contributed by atoms with Crippen molar-refractivity contribution in [3.05, 3.63) is 34.1 Å². The van der Waals surface area contributed by atoms with Crippen LogP contribution in [0.15, 0.2) is 22.7 Å². The van der Waals surface area contributed by atoms with Crippen LogP contribution >= 0.6 is 15.9 Å². The summed E-state index contributed by atoms with van der Waals surface area (Å²) in [6.45, 7) is 3.76. The molecule has 0 aliphatic heterocycles. The van der Waals surface area contributed by atoms with Crippen molar-refractivity contribution in [1.82, 2.24) is 20.4 Å². The Balaban J connectivity index is 2.58. The molecule has 15 heavy (non-hydrogen) atoms. The molecule has 0 radical (unpaired) electrons. The Labute approximate surface area is 95.9 Å². The van der Waals surface area contributed by atoms with Gasteiger partial charge < -0.3 is 0 Å². The molecular weight excluding hydrogens is 256 g/mol. The normalized spacial score (nSPS) is 10.3. The van der Waals surface area contributed by atoms with Crippen molar-refractivity contribution in [2.75, 3.05) is 0 Å². The van der Waals surface area contributed by atoms with Crippen molar-refractivity contribution in [3.63, 3.8) is 0 Å². The van der Waals surface area contributed by atoms with E-state index in [1.165, 1.54) is 0 Å². The van der Waals surface area contributed by atoms with Gasteiger partial charge in [0.2, 0.25) is 5.82 Å². The fraction of sp³-hybridized carbons (Fsp3) is 0.200. The summed E-state index contributed by atoms with van der Waals surface area (Å²) in [7, 11) is 0. The molecule has 0 fully saturated rings. The summed E-state index contributed by atoms with van der Waals surface area (Å²) in [5.41, 5.74) is 2.04. The lowest BCUT2D eigenvalue weighted by Crippen LogP contribution is -2.00. The summed E-state index contributed by atoms with van der Waals surface area (Å²) >= 11 is 3.47. The van der Waals surface area contributed by atoms with Crippen molar-refractivity contribution in [3.8, 4) is 11.4 Å². The second-order valence-electron chi connectivity index (χ2n) is 3.20. The third-order valence-electron chi connectivity index (χ3n) is 2.02. The molecule has 5 heteroatoms. The van der Waals surface area contributed by atoms with Gasteiger partial charge >= 0.3 is 0 Å². The number of rotatable bonds is 1. The van der Waals surface area contributed by atoms with Gasteiger partial charge in [-0.05, 0) is 25.5 Å². The van der Waals surface area contributed by atoms with Crippen molar-refractivity contribution >= 4 is 15.9 Å². The van der Waals surface area contributed by atoms with Gasteiger partial charge in [-0.15, -0.1) is 20.4 Å². The topological polar surface area (TPSA) is 51.6 Å². The molecule has 0 amide bonds. The molecule has 1 aromatic heterocycles. The average Bonchev–Trinajstić information content (AvgIpc) is 2.20. The van der Waals surface area contributed by atoms with Crippen molar-refractivity contribution in [2.24, 2.45) is 0 Å². The third-order valence-corrected chi connectivity index (χ3v) is 2.69. The summed E-state index contributed by atoms with van der Waals surface area (Å²) in [4.78, 5) is 0. The first-order valence-corrected chi connectivity index (χ1v) is 5.27. The molecule has 1 aromatic carbocycles. The van der Waals surface area contributed by atoms with E-state index >= 15 is 0 Å². The number of aryl methyl sites for hydroxylation is 2. The Hall–Kier alpha value is -1.36. The van der Waals surface area contributed by atoms with E-state index in [1.807, 2.05) is 25.1 Å². The molecule has 2 aromatic rings. The monoisotopic (exact) mass is 264 g/mol. The second-order valence-corrected chi connectivity index (χ2v) is 4.06. The highest BCUT2D eigenvalue weighted by molar-refractivity contribution is 9.10. The predicted molar refractivity (Wildman–Crippen MR) is 60.2 cm³/mol. The van der Waals surface area contributed by atoms with Crippen LogP contribution in [0.25, 0.3) is 11.4 Å². The Morgan fingerprint density at radius 1 is 1.00 bits per heavy atom. The van der Waals surface area contributed by atoms with E-state index in [1.54, 1.807) is 6.92 Å². The van der Waals surface area contributed by atoms with E-state index in [9.17, 15) is 0 Å². The quantitative estimate of drug-likeness (QED) is 0.793. The van der Waals surface area contributed by atoms with E-state index in [0.29, 0.717) is 11.6 Å². The van der Waals surface area contributed by atoms with Crippen LogP contribution < -0.4 is 0 Å². The summed E-state index contributed by atoms with van der Waals surface area (Å²) in [5.74, 6) is 1.12. The van der Waals surface area contributed by atoms with Crippen molar-refractivity contribution in [2.45, 2.75) is 13.8 Å². The molecule has 0 saturated carbocycles. The number of halogens is 1. The molecule has 0 atom stereocenters. The van der Waals surface area contributed by atoms with Crippen LogP contribution in [-0.2, 0) is 0 Å². The second kappa shape index (κ2) is 4.02. The van der Waals surface area contributed by atoms with E-state index in [2.05, 4.69) is 36.3 Å². The zero-order valence-electron chi connectivity index (χ0n) is 8.40. The third kappa shape index (κ3) is 2.02. The SMILES string of the molecule is Cc1nnc(-c2c(C)cccc2Br)nn1. The average molecular weight is 265 g/mol. The maximum absolute atomic E-state index is 4.02. The van der Waals surface area contributed by atoms with E-state index in [-0.39, 0.29) is 0 Å².